The van der Waals surface area contributed by atoms with Crippen molar-refractivity contribution in [2.24, 2.45) is 4.99 Å². The standard InChI is InChI=1S/C13H15N/c1-10(2)11-5-3-6-12(9-11)13-7-4-8-14-13/h3-7,9-10H,8H2,1-2H3. The Kier molecular flexibility index (Phi) is 2.49. The zero-order valence-corrected chi connectivity index (χ0v) is 8.70. The van der Waals surface area contributed by atoms with Crippen molar-refractivity contribution in [3.63, 3.8) is 0 Å². The highest BCUT2D eigenvalue weighted by Gasteiger charge is 2.05. The van der Waals surface area contributed by atoms with Crippen LogP contribution in [0, 0.1) is 0 Å². The molecule has 1 aliphatic heterocycles. The molecule has 0 bridgehead atoms. The van der Waals surface area contributed by atoms with Gasteiger partial charge in [0.1, 0.15) is 0 Å². The van der Waals surface area contributed by atoms with Gasteiger partial charge >= 0.3 is 0 Å². The van der Waals surface area contributed by atoms with Crippen molar-refractivity contribution in [1.29, 1.82) is 0 Å². The number of aliphatic imine (C=N–C) groups is 1. The number of benzene rings is 1. The van der Waals surface area contributed by atoms with Crippen molar-refractivity contribution in [2.75, 3.05) is 6.54 Å². The highest BCUT2D eigenvalue weighted by molar-refractivity contribution is 6.09. The van der Waals surface area contributed by atoms with E-state index in [2.05, 4.69) is 55.3 Å². The van der Waals surface area contributed by atoms with Gasteiger partial charge in [0.25, 0.3) is 0 Å². The minimum Gasteiger partial charge on any atom is -0.281 e. The molecule has 0 saturated carbocycles. The third kappa shape index (κ3) is 1.77. The third-order valence-corrected chi connectivity index (χ3v) is 2.49. The molecule has 0 N–H and O–H groups in total. The van der Waals surface area contributed by atoms with Gasteiger partial charge in [-0.25, -0.2) is 0 Å². The van der Waals surface area contributed by atoms with Crippen molar-refractivity contribution in [1.82, 2.24) is 0 Å². The van der Waals surface area contributed by atoms with Gasteiger partial charge in [0.05, 0.1) is 12.3 Å². The molecule has 1 heteroatoms. The average Bonchev–Trinajstić information content (AvgIpc) is 2.71. The van der Waals surface area contributed by atoms with Gasteiger partial charge < -0.3 is 0 Å². The van der Waals surface area contributed by atoms with E-state index in [4.69, 9.17) is 0 Å². The van der Waals surface area contributed by atoms with Gasteiger partial charge in [-0.3, -0.25) is 4.99 Å². The Morgan fingerprint density at radius 1 is 1.29 bits per heavy atom. The van der Waals surface area contributed by atoms with Gasteiger partial charge in [-0.05, 0) is 29.2 Å². The van der Waals surface area contributed by atoms with Crippen LogP contribution in [0.25, 0.3) is 0 Å². The first-order valence-corrected chi connectivity index (χ1v) is 5.08. The fourth-order valence-electron chi connectivity index (χ4n) is 1.61. The summed E-state index contributed by atoms with van der Waals surface area (Å²) in [7, 11) is 0. The van der Waals surface area contributed by atoms with E-state index in [1.54, 1.807) is 0 Å². The van der Waals surface area contributed by atoms with E-state index in [1.807, 2.05) is 0 Å². The number of allylic oxidation sites excluding steroid dienone is 1. The summed E-state index contributed by atoms with van der Waals surface area (Å²) in [5.41, 5.74) is 3.74. The lowest BCUT2D eigenvalue weighted by Crippen LogP contribution is -1.96. The van der Waals surface area contributed by atoms with Gasteiger partial charge in [0.2, 0.25) is 0 Å². The maximum atomic E-state index is 4.41. The molecule has 0 radical (unpaired) electrons. The Balaban J connectivity index is 2.35. The first-order chi connectivity index (χ1) is 6.77. The molecule has 0 saturated heterocycles. The molecule has 2 rings (SSSR count). The minimum atomic E-state index is 0.584. The first kappa shape index (κ1) is 9.20. The van der Waals surface area contributed by atoms with E-state index in [9.17, 15) is 0 Å². The van der Waals surface area contributed by atoms with E-state index < -0.39 is 0 Å². The average molecular weight is 185 g/mol. The molecule has 1 nitrogen and oxygen atoms in total. The number of hydrogen-bond acceptors (Lipinski definition) is 1. The van der Waals surface area contributed by atoms with E-state index in [-0.39, 0.29) is 0 Å². The Morgan fingerprint density at radius 2 is 2.14 bits per heavy atom. The zero-order chi connectivity index (χ0) is 9.97. The summed E-state index contributed by atoms with van der Waals surface area (Å²) in [5.74, 6) is 0.584. The maximum absolute atomic E-state index is 4.41. The van der Waals surface area contributed by atoms with Crippen molar-refractivity contribution in [2.45, 2.75) is 19.8 Å². The van der Waals surface area contributed by atoms with Crippen molar-refractivity contribution in [3.8, 4) is 0 Å². The van der Waals surface area contributed by atoms with Gasteiger partial charge in [-0.2, -0.15) is 0 Å². The van der Waals surface area contributed by atoms with E-state index >= 15 is 0 Å². The highest BCUT2D eigenvalue weighted by Crippen LogP contribution is 2.17. The smallest absolute Gasteiger partial charge is 0.0648 e. The molecule has 0 amide bonds. The van der Waals surface area contributed by atoms with Gasteiger partial charge in [-0.1, -0.05) is 38.1 Å². The monoisotopic (exact) mass is 185 g/mol. The molecule has 1 aromatic carbocycles. The molecule has 0 fully saturated rings. The molecule has 72 valence electrons. The van der Waals surface area contributed by atoms with Crippen LogP contribution >= 0.6 is 0 Å². The second kappa shape index (κ2) is 3.79. The predicted octanol–water partition coefficient (Wildman–Crippen LogP) is 3.17. The summed E-state index contributed by atoms with van der Waals surface area (Å²) < 4.78 is 0. The van der Waals surface area contributed by atoms with Gasteiger partial charge in [-0.15, -0.1) is 0 Å². The van der Waals surface area contributed by atoms with E-state index in [0.29, 0.717) is 5.92 Å². The largest absolute Gasteiger partial charge is 0.281 e. The molecule has 0 unspecified atom stereocenters. The third-order valence-electron chi connectivity index (χ3n) is 2.49. The number of nitrogens with zero attached hydrogens (tertiary/aromatic N) is 1. The second-order valence-corrected chi connectivity index (χ2v) is 3.91. The van der Waals surface area contributed by atoms with Crippen molar-refractivity contribution < 1.29 is 0 Å². The number of hydrogen-bond donors (Lipinski definition) is 0. The lowest BCUT2D eigenvalue weighted by molar-refractivity contribution is 0.866. The predicted molar refractivity (Wildman–Crippen MR) is 61.1 cm³/mol. The molecule has 0 spiro atoms. The molecule has 1 heterocycles. The van der Waals surface area contributed by atoms with Crippen LogP contribution in [0.15, 0.2) is 41.4 Å². The Hall–Kier alpha value is -1.37. The van der Waals surface area contributed by atoms with Crippen LogP contribution in [0.3, 0.4) is 0 Å². The fraction of sp³-hybridized carbons (Fsp3) is 0.308. The van der Waals surface area contributed by atoms with Crippen LogP contribution in [0.2, 0.25) is 0 Å². The fourth-order valence-corrected chi connectivity index (χ4v) is 1.61. The lowest BCUT2D eigenvalue weighted by atomic mass is 9.99. The Morgan fingerprint density at radius 3 is 2.79 bits per heavy atom. The Bertz CT molecular complexity index is 386. The zero-order valence-electron chi connectivity index (χ0n) is 8.70. The van der Waals surface area contributed by atoms with E-state index in [1.165, 1.54) is 11.1 Å². The van der Waals surface area contributed by atoms with E-state index in [0.717, 1.165) is 12.3 Å². The van der Waals surface area contributed by atoms with Crippen LogP contribution < -0.4 is 0 Å². The van der Waals surface area contributed by atoms with Crippen LogP contribution in [0.1, 0.15) is 30.9 Å². The summed E-state index contributed by atoms with van der Waals surface area (Å²) in [5, 5.41) is 0. The second-order valence-electron chi connectivity index (χ2n) is 3.91. The summed E-state index contributed by atoms with van der Waals surface area (Å²) in [6.07, 6.45) is 4.19. The van der Waals surface area contributed by atoms with Crippen molar-refractivity contribution >= 4 is 5.71 Å². The quantitative estimate of drug-likeness (QED) is 0.671. The minimum absolute atomic E-state index is 0.584. The summed E-state index contributed by atoms with van der Waals surface area (Å²) in [6.45, 7) is 5.26. The van der Waals surface area contributed by atoms with Gasteiger partial charge in [0, 0.05) is 0 Å². The maximum Gasteiger partial charge on any atom is 0.0648 e. The number of rotatable bonds is 2. The molecule has 14 heavy (non-hydrogen) atoms. The SMILES string of the molecule is CC(C)c1cccc(C2=NCC=C2)c1. The summed E-state index contributed by atoms with van der Waals surface area (Å²) in [6, 6.07) is 8.65. The van der Waals surface area contributed by atoms with Gasteiger partial charge in [0.15, 0.2) is 0 Å². The van der Waals surface area contributed by atoms with Crippen molar-refractivity contribution in [3.05, 3.63) is 47.5 Å². The molecule has 1 aromatic rings. The molecule has 0 aliphatic carbocycles. The van der Waals surface area contributed by atoms with Crippen LogP contribution in [0.5, 0.6) is 0 Å². The first-order valence-electron chi connectivity index (χ1n) is 5.08. The molecular weight excluding hydrogens is 170 g/mol. The van der Waals surface area contributed by atoms with Crippen LogP contribution in [-0.2, 0) is 0 Å². The lowest BCUT2D eigenvalue weighted by Gasteiger charge is -2.07. The summed E-state index contributed by atoms with van der Waals surface area (Å²) >= 11 is 0. The molecule has 1 aliphatic rings. The van der Waals surface area contributed by atoms with Crippen LogP contribution in [-0.4, -0.2) is 12.3 Å². The topological polar surface area (TPSA) is 12.4 Å². The van der Waals surface area contributed by atoms with Crippen LogP contribution in [0.4, 0.5) is 0 Å². The Labute approximate surface area is 85.2 Å². The summed E-state index contributed by atoms with van der Waals surface area (Å²) in [4.78, 5) is 4.41. The molecule has 0 atom stereocenters. The molecule has 0 aromatic heterocycles. The highest BCUT2D eigenvalue weighted by atomic mass is 14.7. The normalized spacial score (nSPS) is 14.9. The molecular formula is C13H15N.